The highest BCUT2D eigenvalue weighted by Crippen LogP contribution is 2.29. The van der Waals surface area contributed by atoms with Gasteiger partial charge in [0.05, 0.1) is 3.79 Å². The van der Waals surface area contributed by atoms with Crippen LogP contribution < -0.4 is 4.72 Å². The second-order valence-electron chi connectivity index (χ2n) is 4.87. The molecule has 3 nitrogen and oxygen atoms in total. The van der Waals surface area contributed by atoms with Crippen LogP contribution in [0.3, 0.4) is 0 Å². The molecule has 1 saturated carbocycles. The minimum atomic E-state index is -3.35. The van der Waals surface area contributed by atoms with Crippen LogP contribution >= 0.6 is 27.3 Å². The Morgan fingerprint density at radius 2 is 2.00 bits per heavy atom. The first kappa shape index (κ1) is 14.5. The Bertz CT molecular complexity index is 492. The van der Waals surface area contributed by atoms with Gasteiger partial charge in [-0.05, 0) is 53.7 Å². The van der Waals surface area contributed by atoms with E-state index in [0.29, 0.717) is 10.1 Å². The van der Waals surface area contributed by atoms with Crippen LogP contribution in [-0.2, 0) is 10.0 Å². The van der Waals surface area contributed by atoms with Crippen LogP contribution in [0.2, 0.25) is 0 Å². The molecule has 1 aromatic rings. The Hall–Kier alpha value is 0.0900. The van der Waals surface area contributed by atoms with Crippen molar-refractivity contribution in [2.24, 2.45) is 5.92 Å². The van der Waals surface area contributed by atoms with Gasteiger partial charge in [0, 0.05) is 6.04 Å². The molecule has 0 amide bonds. The summed E-state index contributed by atoms with van der Waals surface area (Å²) in [6.45, 7) is 1.98. The van der Waals surface area contributed by atoms with Gasteiger partial charge in [-0.25, -0.2) is 13.1 Å². The van der Waals surface area contributed by atoms with Gasteiger partial charge in [-0.1, -0.05) is 19.3 Å². The van der Waals surface area contributed by atoms with E-state index < -0.39 is 10.0 Å². The molecule has 1 aromatic heterocycles. The lowest BCUT2D eigenvalue weighted by Gasteiger charge is -2.27. The van der Waals surface area contributed by atoms with Gasteiger partial charge in [0.1, 0.15) is 4.21 Å². The van der Waals surface area contributed by atoms with E-state index >= 15 is 0 Å². The van der Waals surface area contributed by atoms with Crippen molar-refractivity contribution in [3.63, 3.8) is 0 Å². The molecule has 102 valence electrons. The number of halogens is 1. The van der Waals surface area contributed by atoms with Crippen molar-refractivity contribution in [2.45, 2.75) is 49.3 Å². The molecule has 0 saturated heterocycles. The fourth-order valence-electron chi connectivity index (χ4n) is 2.48. The average Bonchev–Trinajstić information content (AvgIpc) is 2.77. The highest BCUT2D eigenvalue weighted by molar-refractivity contribution is 9.11. The minimum absolute atomic E-state index is 0.0242. The average molecular weight is 352 g/mol. The summed E-state index contributed by atoms with van der Waals surface area (Å²) in [5.74, 6) is 0.483. The van der Waals surface area contributed by atoms with E-state index in [-0.39, 0.29) is 6.04 Å². The Labute approximate surface area is 121 Å². The quantitative estimate of drug-likeness (QED) is 0.897. The number of sulfonamides is 1. The molecule has 1 aliphatic carbocycles. The summed E-state index contributed by atoms with van der Waals surface area (Å²) in [6.07, 6.45) is 6.01. The lowest BCUT2D eigenvalue weighted by molar-refractivity contribution is 0.303. The summed E-state index contributed by atoms with van der Waals surface area (Å²) < 4.78 is 28.4. The molecule has 1 N–H and O–H groups in total. The SMILES string of the molecule is CC(NS(=O)(=O)c1ccc(Br)s1)C1CCCCC1. The van der Waals surface area contributed by atoms with Crippen LogP contribution in [0.25, 0.3) is 0 Å². The summed E-state index contributed by atoms with van der Waals surface area (Å²) in [5.41, 5.74) is 0. The van der Waals surface area contributed by atoms with Gasteiger partial charge in [-0.15, -0.1) is 11.3 Å². The van der Waals surface area contributed by atoms with Crippen molar-refractivity contribution in [3.05, 3.63) is 15.9 Å². The maximum atomic E-state index is 12.2. The highest BCUT2D eigenvalue weighted by Gasteiger charge is 2.25. The minimum Gasteiger partial charge on any atom is -0.207 e. The zero-order valence-electron chi connectivity index (χ0n) is 10.4. The van der Waals surface area contributed by atoms with E-state index in [1.807, 2.05) is 6.92 Å². The Kier molecular flexibility index (Phi) is 4.86. The normalized spacial score (nSPS) is 19.9. The number of thiophene rings is 1. The van der Waals surface area contributed by atoms with E-state index in [0.717, 1.165) is 16.6 Å². The number of rotatable bonds is 4. The van der Waals surface area contributed by atoms with Gasteiger partial charge in [-0.2, -0.15) is 0 Å². The Morgan fingerprint density at radius 3 is 2.56 bits per heavy atom. The monoisotopic (exact) mass is 351 g/mol. The summed E-state index contributed by atoms with van der Waals surface area (Å²) in [6, 6.07) is 3.44. The van der Waals surface area contributed by atoms with Crippen molar-refractivity contribution >= 4 is 37.3 Å². The molecule has 1 aliphatic rings. The molecule has 1 atom stereocenters. The van der Waals surface area contributed by atoms with Crippen LogP contribution in [-0.4, -0.2) is 14.5 Å². The number of nitrogens with one attached hydrogen (secondary N) is 1. The van der Waals surface area contributed by atoms with Crippen LogP contribution in [0.5, 0.6) is 0 Å². The first-order valence-electron chi connectivity index (χ1n) is 6.27. The number of hydrogen-bond donors (Lipinski definition) is 1. The fraction of sp³-hybridized carbons (Fsp3) is 0.667. The highest BCUT2D eigenvalue weighted by atomic mass is 79.9. The summed E-state index contributed by atoms with van der Waals surface area (Å²) >= 11 is 4.54. The van der Waals surface area contributed by atoms with Gasteiger partial charge in [0.2, 0.25) is 10.0 Å². The summed E-state index contributed by atoms with van der Waals surface area (Å²) in [7, 11) is -3.35. The summed E-state index contributed by atoms with van der Waals surface area (Å²) in [4.78, 5) is 0. The van der Waals surface area contributed by atoms with E-state index in [2.05, 4.69) is 20.7 Å². The molecule has 0 aliphatic heterocycles. The second kappa shape index (κ2) is 6.03. The molecule has 1 unspecified atom stereocenters. The largest absolute Gasteiger partial charge is 0.250 e. The lowest BCUT2D eigenvalue weighted by Crippen LogP contribution is -2.38. The Balaban J connectivity index is 2.03. The van der Waals surface area contributed by atoms with Crippen molar-refractivity contribution in [2.75, 3.05) is 0 Å². The van der Waals surface area contributed by atoms with Crippen molar-refractivity contribution in [1.82, 2.24) is 4.72 Å². The zero-order chi connectivity index (χ0) is 13.2. The molecule has 18 heavy (non-hydrogen) atoms. The van der Waals surface area contributed by atoms with E-state index in [4.69, 9.17) is 0 Å². The fourth-order valence-corrected chi connectivity index (χ4v) is 5.81. The first-order chi connectivity index (χ1) is 8.49. The number of hydrogen-bond acceptors (Lipinski definition) is 3. The molecule has 1 fully saturated rings. The third-order valence-electron chi connectivity index (χ3n) is 3.51. The van der Waals surface area contributed by atoms with E-state index in [1.165, 1.54) is 30.6 Å². The maximum absolute atomic E-state index is 12.2. The van der Waals surface area contributed by atoms with E-state index in [1.54, 1.807) is 12.1 Å². The topological polar surface area (TPSA) is 46.2 Å². The third-order valence-corrected chi connectivity index (χ3v) is 7.19. The second-order valence-corrected chi connectivity index (χ2v) is 9.27. The van der Waals surface area contributed by atoms with Crippen molar-refractivity contribution in [3.8, 4) is 0 Å². The van der Waals surface area contributed by atoms with Crippen molar-refractivity contribution < 1.29 is 8.42 Å². The molecule has 1 heterocycles. The standard InChI is InChI=1S/C12H18BrNO2S2/c1-9(10-5-3-2-4-6-10)14-18(15,16)12-8-7-11(13)17-12/h7-10,14H,2-6H2,1H3. The van der Waals surface area contributed by atoms with Gasteiger partial charge >= 0.3 is 0 Å². The lowest BCUT2D eigenvalue weighted by atomic mass is 9.85. The predicted molar refractivity (Wildman–Crippen MR) is 78.4 cm³/mol. The first-order valence-corrected chi connectivity index (χ1v) is 9.36. The smallest absolute Gasteiger partial charge is 0.207 e. The van der Waals surface area contributed by atoms with Crippen LogP contribution in [0.1, 0.15) is 39.0 Å². The Morgan fingerprint density at radius 1 is 1.33 bits per heavy atom. The predicted octanol–water partition coefficient (Wildman–Crippen LogP) is 3.76. The molecular weight excluding hydrogens is 334 g/mol. The molecule has 0 bridgehead atoms. The molecular formula is C12H18BrNO2S2. The molecule has 2 rings (SSSR count). The van der Waals surface area contributed by atoms with E-state index in [9.17, 15) is 8.42 Å². The maximum Gasteiger partial charge on any atom is 0.250 e. The van der Waals surface area contributed by atoms with Crippen LogP contribution in [0.4, 0.5) is 0 Å². The van der Waals surface area contributed by atoms with Gasteiger partial charge in [0.25, 0.3) is 0 Å². The third kappa shape index (κ3) is 3.56. The zero-order valence-corrected chi connectivity index (χ0v) is 13.6. The molecule has 6 heteroatoms. The van der Waals surface area contributed by atoms with Crippen LogP contribution in [0, 0.1) is 5.92 Å². The molecule has 0 radical (unpaired) electrons. The van der Waals surface area contributed by atoms with Crippen molar-refractivity contribution in [1.29, 1.82) is 0 Å². The summed E-state index contributed by atoms with van der Waals surface area (Å²) in [5, 5.41) is 0. The molecule has 0 spiro atoms. The molecule has 0 aromatic carbocycles. The van der Waals surface area contributed by atoms with Gasteiger partial charge in [0.15, 0.2) is 0 Å². The van der Waals surface area contributed by atoms with Gasteiger partial charge < -0.3 is 0 Å². The van der Waals surface area contributed by atoms with Crippen LogP contribution in [0.15, 0.2) is 20.1 Å². The van der Waals surface area contributed by atoms with Gasteiger partial charge in [-0.3, -0.25) is 0 Å².